The summed E-state index contributed by atoms with van der Waals surface area (Å²) < 4.78 is 28.7. The zero-order valence-corrected chi connectivity index (χ0v) is 9.53. The molecule has 0 amide bonds. The van der Waals surface area contributed by atoms with Crippen molar-refractivity contribution in [2.24, 2.45) is 0 Å². The fraction of sp³-hybridized carbons (Fsp3) is 0.857. The van der Waals surface area contributed by atoms with Crippen LogP contribution in [-0.2, 0) is 19.6 Å². The number of esters is 1. The number of carbonyl (C=O) groups excluding carboxylic acids is 1. The van der Waals surface area contributed by atoms with Gasteiger partial charge in [-0.3, -0.25) is 4.79 Å². The Labute approximate surface area is 92.9 Å². The smallest absolute Gasteiger partial charge is 0.322 e. The fourth-order valence-electron chi connectivity index (χ4n) is 0.827. The molecule has 0 atom stereocenters. The largest absolute Gasteiger partial charge is 0.468 e. The molecule has 96 valence electrons. The summed E-state index contributed by atoms with van der Waals surface area (Å²) in [6, 6.07) is 0. The molecule has 0 aliphatic heterocycles. The van der Waals surface area contributed by atoms with Gasteiger partial charge in [0.05, 0.1) is 26.9 Å². The Bertz CT molecular complexity index is 313. The maximum Gasteiger partial charge on any atom is 0.322 e. The van der Waals surface area contributed by atoms with Crippen LogP contribution in [0.4, 0.5) is 0 Å². The van der Waals surface area contributed by atoms with E-state index in [0.717, 1.165) is 7.11 Å². The Hall–Kier alpha value is -0.740. The third-order valence-electron chi connectivity index (χ3n) is 1.82. The Morgan fingerprint density at radius 2 is 1.69 bits per heavy atom. The van der Waals surface area contributed by atoms with E-state index in [1.807, 2.05) is 4.72 Å². The van der Waals surface area contributed by atoms with Crippen molar-refractivity contribution in [2.45, 2.75) is 5.54 Å². The van der Waals surface area contributed by atoms with Gasteiger partial charge in [-0.15, -0.1) is 0 Å². The van der Waals surface area contributed by atoms with Crippen molar-refractivity contribution in [1.29, 1.82) is 0 Å². The lowest BCUT2D eigenvalue weighted by atomic mass is 10.1. The average molecular weight is 257 g/mol. The minimum atomic E-state index is -4.09. The van der Waals surface area contributed by atoms with Gasteiger partial charge in [0.25, 0.3) is 0 Å². The van der Waals surface area contributed by atoms with E-state index in [1.165, 1.54) is 0 Å². The molecular formula is C7H15NO7S. The van der Waals surface area contributed by atoms with E-state index < -0.39 is 47.1 Å². The van der Waals surface area contributed by atoms with Gasteiger partial charge in [-0.1, -0.05) is 0 Å². The van der Waals surface area contributed by atoms with Crippen molar-refractivity contribution < 1.29 is 33.3 Å². The third kappa shape index (κ3) is 4.41. The predicted octanol–water partition coefficient (Wildman–Crippen LogP) is -3.21. The zero-order chi connectivity index (χ0) is 12.8. The minimum absolute atomic E-state index is 0.805. The van der Waals surface area contributed by atoms with Crippen molar-refractivity contribution in [3.8, 4) is 0 Å². The third-order valence-corrected chi connectivity index (χ3v) is 3.18. The Balaban J connectivity index is 4.73. The van der Waals surface area contributed by atoms with E-state index in [2.05, 4.69) is 4.74 Å². The van der Waals surface area contributed by atoms with Gasteiger partial charge in [-0.2, -0.15) is 0 Å². The van der Waals surface area contributed by atoms with Crippen LogP contribution in [0.5, 0.6) is 0 Å². The number of sulfonamides is 1. The summed E-state index contributed by atoms with van der Waals surface area (Å²) in [5.41, 5.74) is -1.78. The Morgan fingerprint density at radius 1 is 1.25 bits per heavy atom. The molecule has 0 unspecified atom stereocenters. The normalized spacial score (nSPS) is 12.5. The molecular weight excluding hydrogens is 242 g/mol. The number of methoxy groups -OCH3 is 1. The topological polar surface area (TPSA) is 133 Å². The minimum Gasteiger partial charge on any atom is -0.468 e. The number of hydrogen-bond donors (Lipinski definition) is 4. The fourth-order valence-corrected chi connectivity index (χ4v) is 2.18. The monoisotopic (exact) mass is 257 g/mol. The Morgan fingerprint density at radius 3 is 2.00 bits per heavy atom. The number of carbonyl (C=O) groups is 1. The maximum atomic E-state index is 11.3. The molecule has 8 nitrogen and oxygen atoms in total. The van der Waals surface area contributed by atoms with Crippen molar-refractivity contribution in [1.82, 2.24) is 4.72 Å². The number of aliphatic hydroxyl groups is 3. The number of ether oxygens (including phenoxy) is 1. The van der Waals surface area contributed by atoms with Crippen LogP contribution in [0.25, 0.3) is 0 Å². The Kier molecular flexibility index (Phi) is 5.83. The lowest BCUT2D eigenvalue weighted by Gasteiger charge is -2.27. The van der Waals surface area contributed by atoms with Gasteiger partial charge >= 0.3 is 5.97 Å². The number of rotatable bonds is 7. The first-order chi connectivity index (χ1) is 7.34. The lowest BCUT2D eigenvalue weighted by Crippen LogP contribution is -2.57. The van der Waals surface area contributed by atoms with Crippen LogP contribution in [-0.4, -0.2) is 67.9 Å². The highest BCUT2D eigenvalue weighted by atomic mass is 32.2. The number of nitrogens with one attached hydrogen (secondary N) is 1. The predicted molar refractivity (Wildman–Crippen MR) is 52.9 cm³/mol. The van der Waals surface area contributed by atoms with Gasteiger partial charge < -0.3 is 20.1 Å². The quantitative estimate of drug-likeness (QED) is 0.353. The van der Waals surface area contributed by atoms with Gasteiger partial charge in [-0.05, 0) is 0 Å². The van der Waals surface area contributed by atoms with Crippen LogP contribution in [0.1, 0.15) is 0 Å². The molecule has 4 N–H and O–H groups in total. The van der Waals surface area contributed by atoms with E-state index in [-0.39, 0.29) is 0 Å². The van der Waals surface area contributed by atoms with Crippen LogP contribution in [0, 0.1) is 0 Å². The standard InChI is InChI=1S/C7H15NO7S/c1-15-6(12)2-16(13,14)8-7(3-9,4-10)5-11/h8-11H,2-5H2,1H3. The molecule has 0 radical (unpaired) electrons. The highest BCUT2D eigenvalue weighted by Crippen LogP contribution is 2.04. The summed E-state index contributed by atoms with van der Waals surface area (Å²) >= 11 is 0. The van der Waals surface area contributed by atoms with E-state index in [9.17, 15) is 13.2 Å². The molecule has 0 aromatic heterocycles. The van der Waals surface area contributed by atoms with Crippen molar-refractivity contribution in [2.75, 3.05) is 32.7 Å². The molecule has 0 rings (SSSR count). The SMILES string of the molecule is COC(=O)CS(=O)(=O)NC(CO)(CO)CO. The molecule has 0 heterocycles. The second kappa shape index (κ2) is 6.11. The van der Waals surface area contributed by atoms with Crippen LogP contribution >= 0.6 is 0 Å². The van der Waals surface area contributed by atoms with Crippen molar-refractivity contribution in [3.63, 3.8) is 0 Å². The molecule has 0 bridgehead atoms. The summed E-state index contributed by atoms with van der Waals surface area (Å²) in [5, 5.41) is 26.6. The van der Waals surface area contributed by atoms with Gasteiger partial charge in [0.1, 0.15) is 5.54 Å². The molecule has 16 heavy (non-hydrogen) atoms. The summed E-state index contributed by atoms with van der Waals surface area (Å²) in [7, 11) is -3.07. The first-order valence-electron chi connectivity index (χ1n) is 4.26. The van der Waals surface area contributed by atoms with Crippen LogP contribution < -0.4 is 4.72 Å². The first kappa shape index (κ1) is 15.3. The maximum absolute atomic E-state index is 11.3. The van der Waals surface area contributed by atoms with Crippen LogP contribution in [0.3, 0.4) is 0 Å². The molecule has 0 fully saturated rings. The first-order valence-corrected chi connectivity index (χ1v) is 5.91. The molecule has 0 aliphatic rings. The van der Waals surface area contributed by atoms with Gasteiger partial charge in [-0.25, -0.2) is 13.1 Å². The second-order valence-electron chi connectivity index (χ2n) is 3.19. The summed E-state index contributed by atoms with van der Waals surface area (Å²) in [6.45, 7) is -2.42. The summed E-state index contributed by atoms with van der Waals surface area (Å²) in [6.07, 6.45) is 0. The van der Waals surface area contributed by atoms with Crippen molar-refractivity contribution in [3.05, 3.63) is 0 Å². The summed E-state index contributed by atoms with van der Waals surface area (Å²) in [4.78, 5) is 10.7. The molecule has 0 saturated carbocycles. The second-order valence-corrected chi connectivity index (χ2v) is 4.91. The van der Waals surface area contributed by atoms with Crippen molar-refractivity contribution >= 4 is 16.0 Å². The lowest BCUT2D eigenvalue weighted by molar-refractivity contribution is -0.137. The molecule has 0 saturated heterocycles. The highest BCUT2D eigenvalue weighted by Gasteiger charge is 2.34. The van der Waals surface area contributed by atoms with E-state index >= 15 is 0 Å². The van der Waals surface area contributed by atoms with Gasteiger partial charge in [0.2, 0.25) is 10.0 Å². The molecule has 9 heteroatoms. The highest BCUT2D eigenvalue weighted by molar-refractivity contribution is 7.90. The molecule has 0 aromatic rings. The van der Waals surface area contributed by atoms with Gasteiger partial charge in [0, 0.05) is 0 Å². The van der Waals surface area contributed by atoms with E-state index in [1.54, 1.807) is 0 Å². The molecule has 0 aliphatic carbocycles. The van der Waals surface area contributed by atoms with E-state index in [0.29, 0.717) is 0 Å². The van der Waals surface area contributed by atoms with Crippen LogP contribution in [0.15, 0.2) is 0 Å². The molecule has 0 spiro atoms. The molecule has 0 aromatic carbocycles. The van der Waals surface area contributed by atoms with E-state index in [4.69, 9.17) is 15.3 Å². The zero-order valence-electron chi connectivity index (χ0n) is 8.71. The van der Waals surface area contributed by atoms with Crippen LogP contribution in [0.2, 0.25) is 0 Å². The van der Waals surface area contributed by atoms with Gasteiger partial charge in [0.15, 0.2) is 5.75 Å². The summed E-state index contributed by atoms with van der Waals surface area (Å²) in [5.74, 6) is -1.94. The number of aliphatic hydroxyl groups excluding tert-OH is 3. The average Bonchev–Trinajstić information content (AvgIpc) is 2.25. The number of hydrogen-bond acceptors (Lipinski definition) is 7.